The molecule has 0 bridgehead atoms. The highest BCUT2D eigenvalue weighted by Crippen LogP contribution is 2.37. The molecule has 2 atom stereocenters. The molecule has 208 valence electrons. The van der Waals surface area contributed by atoms with Crippen LogP contribution in [0.1, 0.15) is 50.7 Å². The summed E-state index contributed by atoms with van der Waals surface area (Å²) in [6.45, 7) is 9.62. The third-order valence-electron chi connectivity index (χ3n) is 7.98. The molecule has 5 heterocycles. The molecule has 0 spiro atoms. The van der Waals surface area contributed by atoms with Crippen LogP contribution in [0.5, 0.6) is 0 Å². The van der Waals surface area contributed by atoms with Gasteiger partial charge < -0.3 is 10.1 Å². The van der Waals surface area contributed by atoms with Gasteiger partial charge in [0.2, 0.25) is 5.95 Å². The van der Waals surface area contributed by atoms with Crippen molar-refractivity contribution in [3.05, 3.63) is 65.8 Å². The fourth-order valence-electron chi connectivity index (χ4n) is 5.47. The number of azo groups is 1. The summed E-state index contributed by atoms with van der Waals surface area (Å²) in [6.07, 6.45) is 8.66. The number of anilines is 2. The number of carbonyl (C=O) groups excluding carboxylic acids is 1. The van der Waals surface area contributed by atoms with E-state index in [2.05, 4.69) is 69.5 Å². The Hall–Kier alpha value is -3.76. The maximum atomic E-state index is 13.4. The van der Waals surface area contributed by atoms with E-state index in [-0.39, 0.29) is 23.2 Å². The highest BCUT2D eigenvalue weighted by atomic mass is 16.5. The van der Waals surface area contributed by atoms with Gasteiger partial charge in [0.05, 0.1) is 42.9 Å². The molecule has 0 amide bonds. The second-order valence-corrected chi connectivity index (χ2v) is 12.1. The van der Waals surface area contributed by atoms with E-state index in [1.807, 2.05) is 25.4 Å². The molecule has 10 heteroatoms. The Kier molecular flexibility index (Phi) is 7.06. The van der Waals surface area contributed by atoms with E-state index < -0.39 is 0 Å². The zero-order chi connectivity index (χ0) is 27.9. The van der Waals surface area contributed by atoms with Crippen molar-refractivity contribution in [1.82, 2.24) is 24.6 Å². The van der Waals surface area contributed by atoms with Crippen LogP contribution in [0.3, 0.4) is 0 Å². The van der Waals surface area contributed by atoms with Crippen LogP contribution in [-0.2, 0) is 23.1 Å². The highest BCUT2D eigenvalue weighted by molar-refractivity contribution is 5.95. The number of hydrogen-bond donors (Lipinski definition) is 1. The number of aromatic nitrogens is 4. The molecule has 0 radical (unpaired) electrons. The summed E-state index contributed by atoms with van der Waals surface area (Å²) in [5.41, 5.74) is 5.59. The fraction of sp³-hybridized carbons (Fsp3) is 0.467. The van der Waals surface area contributed by atoms with Gasteiger partial charge in [-0.1, -0.05) is 32.9 Å². The van der Waals surface area contributed by atoms with Crippen molar-refractivity contribution in [2.45, 2.75) is 58.2 Å². The Morgan fingerprint density at radius 1 is 1.20 bits per heavy atom. The predicted octanol–water partition coefficient (Wildman–Crippen LogP) is 5.03. The van der Waals surface area contributed by atoms with Gasteiger partial charge in [-0.25, -0.2) is 9.97 Å². The van der Waals surface area contributed by atoms with E-state index in [4.69, 9.17) is 9.72 Å². The summed E-state index contributed by atoms with van der Waals surface area (Å²) in [5.74, 6) is 0.697. The highest BCUT2D eigenvalue weighted by Gasteiger charge is 2.33. The molecular formula is C30H36N8O2. The van der Waals surface area contributed by atoms with E-state index in [9.17, 15) is 4.79 Å². The standard InChI is InChI=1S/C30H36N8O2/c1-30(2,3)28-13-26(35-36-28)27(39)12-19-8-10-38(23-17-40-18-23)15-21-11-20(5-6-24(19)21)25-7-9-31-29(34-25)33-22-14-32-37(4)16-22/h5-7,9,11,13-14,16,19,23,28H,8,10,12,15,17-18H2,1-4H3,(H,31,33,34)/t19-,28?/m0/s1. The van der Waals surface area contributed by atoms with Crippen LogP contribution in [-0.4, -0.2) is 62.3 Å². The minimum Gasteiger partial charge on any atom is -0.378 e. The van der Waals surface area contributed by atoms with Crippen molar-refractivity contribution in [2.75, 3.05) is 25.1 Å². The number of nitrogens with one attached hydrogen (secondary N) is 1. The number of hydrogen-bond acceptors (Lipinski definition) is 9. The first-order valence-corrected chi connectivity index (χ1v) is 13.9. The third kappa shape index (κ3) is 5.59. The van der Waals surface area contributed by atoms with Gasteiger partial charge in [-0.3, -0.25) is 14.4 Å². The van der Waals surface area contributed by atoms with Gasteiger partial charge in [-0.15, -0.1) is 0 Å². The van der Waals surface area contributed by atoms with Crippen LogP contribution in [0.4, 0.5) is 11.6 Å². The van der Waals surface area contributed by atoms with E-state index in [1.54, 1.807) is 17.1 Å². The minimum atomic E-state index is -0.0602. The van der Waals surface area contributed by atoms with Gasteiger partial charge in [0, 0.05) is 38.0 Å². The monoisotopic (exact) mass is 540 g/mol. The topological polar surface area (TPSA) is 110 Å². The molecule has 1 N–H and O–H groups in total. The molecule has 1 aromatic carbocycles. The van der Waals surface area contributed by atoms with Crippen LogP contribution < -0.4 is 5.32 Å². The molecule has 2 aromatic heterocycles. The molecule has 1 fully saturated rings. The van der Waals surface area contributed by atoms with Crippen molar-refractivity contribution in [3.8, 4) is 11.3 Å². The lowest BCUT2D eigenvalue weighted by molar-refractivity contribution is -0.116. The molecule has 0 aliphatic carbocycles. The summed E-state index contributed by atoms with van der Waals surface area (Å²) in [7, 11) is 1.87. The lowest BCUT2D eigenvalue weighted by Crippen LogP contribution is -2.48. The third-order valence-corrected chi connectivity index (χ3v) is 7.98. The summed E-state index contributed by atoms with van der Waals surface area (Å²) in [5, 5.41) is 16.1. The summed E-state index contributed by atoms with van der Waals surface area (Å²) >= 11 is 0. The Morgan fingerprint density at radius 2 is 2.05 bits per heavy atom. The lowest BCUT2D eigenvalue weighted by Gasteiger charge is -2.36. The molecule has 3 aliphatic heterocycles. The maximum absolute atomic E-state index is 13.4. The first-order chi connectivity index (χ1) is 19.2. The van der Waals surface area contributed by atoms with Crippen molar-refractivity contribution in [1.29, 1.82) is 0 Å². The zero-order valence-electron chi connectivity index (χ0n) is 23.5. The quantitative estimate of drug-likeness (QED) is 0.447. The summed E-state index contributed by atoms with van der Waals surface area (Å²) in [6, 6.07) is 8.80. The molecule has 3 aliphatic rings. The molecule has 6 rings (SSSR count). The molecule has 1 unspecified atom stereocenters. The minimum absolute atomic E-state index is 0.0590. The van der Waals surface area contributed by atoms with Crippen LogP contribution in [0.15, 0.2) is 64.9 Å². The largest absolute Gasteiger partial charge is 0.378 e. The van der Waals surface area contributed by atoms with Crippen molar-refractivity contribution < 1.29 is 9.53 Å². The fourth-order valence-corrected chi connectivity index (χ4v) is 5.47. The van der Waals surface area contributed by atoms with E-state index in [0.717, 1.165) is 49.7 Å². The average molecular weight is 541 g/mol. The van der Waals surface area contributed by atoms with Crippen molar-refractivity contribution in [3.63, 3.8) is 0 Å². The molecule has 40 heavy (non-hydrogen) atoms. The molecule has 0 saturated carbocycles. The molecule has 3 aromatic rings. The summed E-state index contributed by atoms with van der Waals surface area (Å²) in [4.78, 5) is 25.0. The Labute approximate surface area is 234 Å². The smallest absolute Gasteiger partial charge is 0.227 e. The molecule has 10 nitrogen and oxygen atoms in total. The maximum Gasteiger partial charge on any atom is 0.227 e. The second-order valence-electron chi connectivity index (χ2n) is 12.1. The lowest BCUT2D eigenvalue weighted by atomic mass is 9.85. The van der Waals surface area contributed by atoms with E-state index in [0.29, 0.717) is 24.1 Å². The van der Waals surface area contributed by atoms with E-state index in [1.165, 1.54) is 11.1 Å². The zero-order valence-corrected chi connectivity index (χ0v) is 23.5. The van der Waals surface area contributed by atoms with Gasteiger partial charge in [-0.05, 0) is 53.6 Å². The van der Waals surface area contributed by atoms with Crippen LogP contribution in [0.25, 0.3) is 11.3 Å². The number of ether oxygens (including phenoxy) is 1. The number of aryl methyl sites for hydroxylation is 1. The van der Waals surface area contributed by atoms with Gasteiger partial charge in [0.25, 0.3) is 0 Å². The van der Waals surface area contributed by atoms with Crippen LogP contribution in [0, 0.1) is 5.41 Å². The van der Waals surface area contributed by atoms with Crippen LogP contribution in [0.2, 0.25) is 0 Å². The number of allylic oxidation sites excluding steroid dienone is 1. The van der Waals surface area contributed by atoms with Gasteiger partial charge in [0.1, 0.15) is 5.70 Å². The Balaban J connectivity index is 1.27. The van der Waals surface area contributed by atoms with E-state index >= 15 is 0 Å². The number of ketones is 1. The number of benzene rings is 1. The predicted molar refractivity (Wildman–Crippen MR) is 152 cm³/mol. The van der Waals surface area contributed by atoms with Crippen LogP contribution >= 0.6 is 0 Å². The second kappa shape index (κ2) is 10.7. The first kappa shape index (κ1) is 26.5. The number of fused-ring (bicyclic) bond motifs is 1. The normalized spacial score (nSPS) is 21.4. The number of Topliss-reactive ketones (excluding diaryl/α,β-unsaturated/α-hetero) is 1. The number of carbonyl (C=O) groups is 1. The molecule has 1 saturated heterocycles. The SMILES string of the molecule is Cn1cc(Nc2nccc(-c3ccc4c(c3)CN(C3COC3)CC[C@H]4CC(=O)C3=CC(C(C)(C)C)N=N3)n2)cn1. The molecular weight excluding hydrogens is 504 g/mol. The van der Waals surface area contributed by atoms with Crippen molar-refractivity contribution >= 4 is 17.4 Å². The summed E-state index contributed by atoms with van der Waals surface area (Å²) < 4.78 is 7.24. The van der Waals surface area contributed by atoms with Gasteiger partial charge in [-0.2, -0.15) is 15.3 Å². The van der Waals surface area contributed by atoms with Crippen molar-refractivity contribution in [2.24, 2.45) is 22.7 Å². The Morgan fingerprint density at radius 3 is 2.75 bits per heavy atom. The van der Waals surface area contributed by atoms with Gasteiger partial charge in [0.15, 0.2) is 5.78 Å². The average Bonchev–Trinajstić information content (AvgIpc) is 3.51. The number of rotatable bonds is 7. The number of nitrogens with zero attached hydrogens (tertiary/aromatic N) is 7. The Bertz CT molecular complexity index is 1470. The first-order valence-electron chi connectivity index (χ1n) is 13.9. The van der Waals surface area contributed by atoms with Gasteiger partial charge >= 0.3 is 0 Å².